The van der Waals surface area contributed by atoms with Gasteiger partial charge in [0.2, 0.25) is 0 Å². The zero-order chi connectivity index (χ0) is 21.0. The molecule has 3 rings (SSSR count). The van der Waals surface area contributed by atoms with Crippen molar-refractivity contribution in [2.45, 2.75) is 12.5 Å². The van der Waals surface area contributed by atoms with E-state index in [1.54, 1.807) is 13.0 Å². The number of nitriles is 1. The van der Waals surface area contributed by atoms with Crippen LogP contribution in [-0.4, -0.2) is 30.6 Å². The first-order chi connectivity index (χ1) is 13.8. The van der Waals surface area contributed by atoms with Crippen LogP contribution in [0.3, 0.4) is 0 Å². The highest BCUT2D eigenvalue weighted by atomic mass is 19.1. The van der Waals surface area contributed by atoms with Crippen molar-refractivity contribution >= 4 is 17.6 Å². The molecule has 3 N–H and O–H groups in total. The number of nitrogens with zero attached hydrogens (tertiary/aromatic N) is 3. The molecule has 29 heavy (non-hydrogen) atoms. The van der Waals surface area contributed by atoms with Gasteiger partial charge in [-0.05, 0) is 43.3 Å². The molecule has 1 aliphatic rings. The Morgan fingerprint density at radius 1 is 1.41 bits per heavy atom. The second-order valence-electron chi connectivity index (χ2n) is 6.44. The van der Waals surface area contributed by atoms with Gasteiger partial charge in [0.15, 0.2) is 0 Å². The third kappa shape index (κ3) is 4.39. The number of carbonyl (C=O) groups excluding carboxylic acids is 1. The quantitative estimate of drug-likeness (QED) is 0.802. The van der Waals surface area contributed by atoms with E-state index in [0.29, 0.717) is 17.0 Å². The fraction of sp³-hybridized carbons (Fsp3) is 0.200. The second-order valence-corrected chi connectivity index (χ2v) is 6.44. The number of nitrogens with two attached hydrogens (primary N) is 1. The van der Waals surface area contributed by atoms with E-state index in [4.69, 9.17) is 20.5 Å². The van der Waals surface area contributed by atoms with Crippen LogP contribution in [0.25, 0.3) is 0 Å². The van der Waals surface area contributed by atoms with Gasteiger partial charge < -0.3 is 20.5 Å². The minimum absolute atomic E-state index is 0.113. The molecule has 0 fully saturated rings. The Hall–Kier alpha value is -3.77. The number of hydrogen-bond donors (Lipinski definition) is 2. The van der Waals surface area contributed by atoms with Gasteiger partial charge in [0, 0.05) is 24.6 Å². The van der Waals surface area contributed by atoms with E-state index in [0.717, 1.165) is 0 Å². The summed E-state index contributed by atoms with van der Waals surface area (Å²) in [6, 6.07) is 8.87. The minimum atomic E-state index is -1.15. The molecule has 8 nitrogen and oxygen atoms in total. The summed E-state index contributed by atoms with van der Waals surface area (Å²) in [6.07, 6.45) is 2.91. The largest absolute Gasteiger partial charge is 0.429 e. The molecular formula is C20H18FN5O3. The van der Waals surface area contributed by atoms with Gasteiger partial charge in [-0.2, -0.15) is 5.26 Å². The number of halogens is 1. The van der Waals surface area contributed by atoms with Crippen molar-refractivity contribution in [3.8, 4) is 6.07 Å². The molecule has 0 unspecified atom stereocenters. The van der Waals surface area contributed by atoms with Crippen molar-refractivity contribution in [2.75, 3.05) is 19.0 Å². The average molecular weight is 395 g/mol. The van der Waals surface area contributed by atoms with E-state index in [2.05, 4.69) is 15.3 Å². The highest BCUT2D eigenvalue weighted by molar-refractivity contribution is 6.02. The van der Waals surface area contributed by atoms with Crippen LogP contribution < -0.4 is 11.1 Å². The summed E-state index contributed by atoms with van der Waals surface area (Å²) in [5, 5.41) is 11.5. The molecule has 2 heterocycles. The van der Waals surface area contributed by atoms with Crippen LogP contribution in [-0.2, 0) is 15.0 Å². The molecule has 1 aromatic carbocycles. The van der Waals surface area contributed by atoms with Crippen LogP contribution in [0.5, 0.6) is 0 Å². The number of hydrogen-bond acceptors (Lipinski definition) is 7. The summed E-state index contributed by atoms with van der Waals surface area (Å²) >= 11 is 0. The Bertz CT molecular complexity index is 1040. The van der Waals surface area contributed by atoms with Gasteiger partial charge in [-0.3, -0.25) is 4.79 Å². The first-order valence-electron chi connectivity index (χ1n) is 8.56. The zero-order valence-corrected chi connectivity index (χ0v) is 15.8. The van der Waals surface area contributed by atoms with Gasteiger partial charge in [-0.15, -0.1) is 0 Å². The standard InChI is InChI=1S/C20H18FN5O3/c1-20(8-14(11-28-2)29-19(23)26-20)15-7-13(4-5-16(15)21)25-18(27)17-6-3-12(9-22)10-24-17/h3-8,10H,11H2,1-2H3,(H2,23,26)(H,25,27)/t20-/m0/s1. The molecular weight excluding hydrogens is 377 g/mol. The van der Waals surface area contributed by atoms with E-state index in [1.165, 1.54) is 43.6 Å². The molecule has 2 aromatic rings. The molecule has 1 aromatic heterocycles. The highest BCUT2D eigenvalue weighted by Crippen LogP contribution is 2.35. The van der Waals surface area contributed by atoms with Crippen LogP contribution in [0.4, 0.5) is 10.1 Å². The molecule has 0 bridgehead atoms. The maximum Gasteiger partial charge on any atom is 0.288 e. The van der Waals surface area contributed by atoms with Crippen molar-refractivity contribution in [3.63, 3.8) is 0 Å². The minimum Gasteiger partial charge on any atom is -0.429 e. The van der Waals surface area contributed by atoms with Gasteiger partial charge in [-0.25, -0.2) is 14.4 Å². The molecule has 148 valence electrons. The Morgan fingerprint density at radius 2 is 2.21 bits per heavy atom. The van der Waals surface area contributed by atoms with Crippen molar-refractivity contribution in [1.82, 2.24) is 4.98 Å². The average Bonchev–Trinajstić information content (AvgIpc) is 2.69. The Kier molecular flexibility index (Phi) is 5.57. The predicted octanol–water partition coefficient (Wildman–Crippen LogP) is 2.44. The zero-order valence-electron chi connectivity index (χ0n) is 15.8. The van der Waals surface area contributed by atoms with E-state index in [9.17, 15) is 9.18 Å². The Balaban J connectivity index is 1.90. The second kappa shape index (κ2) is 8.08. The number of methoxy groups -OCH3 is 1. The fourth-order valence-corrected chi connectivity index (χ4v) is 2.89. The number of anilines is 1. The Morgan fingerprint density at radius 3 is 2.86 bits per heavy atom. The predicted molar refractivity (Wildman–Crippen MR) is 103 cm³/mol. The molecule has 1 aliphatic heterocycles. The van der Waals surface area contributed by atoms with Gasteiger partial charge in [0.1, 0.15) is 35.5 Å². The van der Waals surface area contributed by atoms with Gasteiger partial charge in [0.25, 0.3) is 11.9 Å². The van der Waals surface area contributed by atoms with E-state index < -0.39 is 17.3 Å². The van der Waals surface area contributed by atoms with Crippen molar-refractivity contribution in [1.29, 1.82) is 5.26 Å². The lowest BCUT2D eigenvalue weighted by molar-refractivity contribution is 0.102. The molecule has 0 radical (unpaired) electrons. The van der Waals surface area contributed by atoms with E-state index in [1.807, 2.05) is 6.07 Å². The van der Waals surface area contributed by atoms with Crippen LogP contribution in [0, 0.1) is 17.1 Å². The number of amidine groups is 1. The van der Waals surface area contributed by atoms with Crippen LogP contribution in [0.15, 0.2) is 53.4 Å². The molecule has 1 atom stereocenters. The lowest BCUT2D eigenvalue weighted by Gasteiger charge is -2.28. The van der Waals surface area contributed by atoms with Gasteiger partial charge in [-0.1, -0.05) is 0 Å². The summed E-state index contributed by atoms with van der Waals surface area (Å²) in [4.78, 5) is 20.6. The number of aromatic nitrogens is 1. The summed E-state index contributed by atoms with van der Waals surface area (Å²) in [7, 11) is 1.50. The summed E-state index contributed by atoms with van der Waals surface area (Å²) in [5.41, 5.74) is 5.61. The maximum atomic E-state index is 14.6. The topological polar surface area (TPSA) is 123 Å². The summed E-state index contributed by atoms with van der Waals surface area (Å²) in [5.74, 6) is -0.616. The van der Waals surface area contributed by atoms with E-state index >= 15 is 0 Å². The lowest BCUT2D eigenvalue weighted by atomic mass is 9.90. The maximum absolute atomic E-state index is 14.6. The van der Waals surface area contributed by atoms with Crippen molar-refractivity contribution in [3.05, 3.63) is 71.0 Å². The van der Waals surface area contributed by atoms with Crippen molar-refractivity contribution < 1.29 is 18.7 Å². The third-order valence-corrected chi connectivity index (χ3v) is 4.20. The number of rotatable bonds is 5. The van der Waals surface area contributed by atoms with Crippen molar-refractivity contribution in [2.24, 2.45) is 10.7 Å². The third-order valence-electron chi connectivity index (χ3n) is 4.20. The first-order valence-corrected chi connectivity index (χ1v) is 8.56. The van der Waals surface area contributed by atoms with Crippen LogP contribution in [0.2, 0.25) is 0 Å². The first kappa shape index (κ1) is 20.0. The normalized spacial score (nSPS) is 18.1. The van der Waals surface area contributed by atoms with E-state index in [-0.39, 0.29) is 23.9 Å². The fourth-order valence-electron chi connectivity index (χ4n) is 2.89. The van der Waals surface area contributed by atoms with Gasteiger partial charge in [0.05, 0.1) is 5.56 Å². The number of ether oxygens (including phenoxy) is 2. The number of amides is 1. The molecule has 0 saturated carbocycles. The molecule has 1 amide bonds. The number of aliphatic imine (C=N–C) groups is 1. The lowest BCUT2D eigenvalue weighted by Crippen LogP contribution is -2.31. The molecule has 0 aliphatic carbocycles. The van der Waals surface area contributed by atoms with Crippen LogP contribution in [0.1, 0.15) is 28.5 Å². The summed E-state index contributed by atoms with van der Waals surface area (Å²) < 4.78 is 25.0. The SMILES string of the molecule is COCC1=C[C@@](C)(c2cc(NC(=O)c3ccc(C#N)cn3)ccc2F)N=C(N)O1. The Labute approximate surface area is 166 Å². The van der Waals surface area contributed by atoms with Crippen LogP contribution >= 0.6 is 0 Å². The highest BCUT2D eigenvalue weighted by Gasteiger charge is 2.32. The number of nitrogens with one attached hydrogen (secondary N) is 1. The summed E-state index contributed by atoms with van der Waals surface area (Å²) in [6.45, 7) is 1.82. The molecule has 0 saturated heterocycles. The monoisotopic (exact) mass is 395 g/mol. The smallest absolute Gasteiger partial charge is 0.288 e. The number of benzene rings is 1. The number of pyridine rings is 1. The number of carbonyl (C=O) groups is 1. The van der Waals surface area contributed by atoms with Gasteiger partial charge >= 0.3 is 0 Å². The molecule has 0 spiro atoms. The molecule has 9 heteroatoms.